The van der Waals surface area contributed by atoms with Crippen molar-refractivity contribution in [2.75, 3.05) is 0 Å². The van der Waals surface area contributed by atoms with Crippen LogP contribution in [0.1, 0.15) is 33.5 Å². The van der Waals surface area contributed by atoms with Gasteiger partial charge in [0.2, 0.25) is 0 Å². The molecule has 2 heterocycles. The summed E-state index contributed by atoms with van der Waals surface area (Å²) >= 11 is 0. The molecule has 7 nitrogen and oxygen atoms in total. The lowest BCUT2D eigenvalue weighted by Crippen LogP contribution is -2.34. The van der Waals surface area contributed by atoms with Gasteiger partial charge >= 0.3 is 5.97 Å². The number of hydrogen-bond donors (Lipinski definition) is 0. The van der Waals surface area contributed by atoms with Gasteiger partial charge in [0.05, 0.1) is 11.1 Å². The monoisotopic (exact) mass is 299 g/mol. The Bertz CT molecular complexity index is 731. The summed E-state index contributed by atoms with van der Waals surface area (Å²) < 4.78 is 1.61. The summed E-state index contributed by atoms with van der Waals surface area (Å²) in [6.07, 6.45) is 3.88. The second-order valence-corrected chi connectivity index (χ2v) is 4.74. The van der Waals surface area contributed by atoms with Crippen LogP contribution in [-0.2, 0) is 22.6 Å². The van der Waals surface area contributed by atoms with Crippen LogP contribution in [0.15, 0.2) is 36.7 Å². The van der Waals surface area contributed by atoms with Gasteiger partial charge in [-0.1, -0.05) is 24.1 Å². The fourth-order valence-electron chi connectivity index (χ4n) is 2.32. The zero-order valence-electron chi connectivity index (χ0n) is 11.9. The van der Waals surface area contributed by atoms with E-state index in [0.29, 0.717) is 11.5 Å². The standard InChI is InChI=1S/C15H13N3O4/c1-2-12-16-7-8-17(12)9-13(19)22-18-14(20)10-5-3-4-6-11(10)15(18)21/h3-8H,2,9H2,1H3. The Morgan fingerprint density at radius 3 is 2.41 bits per heavy atom. The Balaban J connectivity index is 1.73. The third kappa shape index (κ3) is 2.26. The normalized spacial score (nSPS) is 13.4. The molecule has 2 aromatic rings. The molecule has 1 aliphatic heterocycles. The molecule has 0 saturated carbocycles. The SMILES string of the molecule is CCc1nccn1CC(=O)ON1C(=O)c2ccccc2C1=O. The molecule has 0 atom stereocenters. The predicted octanol–water partition coefficient (Wildman–Crippen LogP) is 1.20. The van der Waals surface area contributed by atoms with Crippen molar-refractivity contribution in [1.29, 1.82) is 0 Å². The maximum atomic E-state index is 12.1. The lowest BCUT2D eigenvalue weighted by molar-refractivity contribution is -0.169. The molecule has 0 fully saturated rings. The van der Waals surface area contributed by atoms with Crippen LogP contribution in [-0.4, -0.2) is 32.4 Å². The van der Waals surface area contributed by atoms with Crippen LogP contribution < -0.4 is 0 Å². The molecular formula is C15H13N3O4. The minimum absolute atomic E-state index is 0.115. The summed E-state index contributed by atoms with van der Waals surface area (Å²) in [5.74, 6) is -1.24. The van der Waals surface area contributed by atoms with Gasteiger partial charge in [-0.3, -0.25) is 9.59 Å². The summed E-state index contributed by atoms with van der Waals surface area (Å²) in [5.41, 5.74) is 0.467. The van der Waals surface area contributed by atoms with Crippen molar-refractivity contribution in [2.24, 2.45) is 0 Å². The molecule has 1 aromatic heterocycles. The van der Waals surface area contributed by atoms with Gasteiger partial charge in [-0.25, -0.2) is 9.78 Å². The number of imidazole rings is 1. The van der Waals surface area contributed by atoms with E-state index in [4.69, 9.17) is 4.84 Å². The molecule has 22 heavy (non-hydrogen) atoms. The molecule has 7 heteroatoms. The summed E-state index contributed by atoms with van der Waals surface area (Å²) in [5, 5.41) is 0.509. The highest BCUT2D eigenvalue weighted by Crippen LogP contribution is 2.22. The average molecular weight is 299 g/mol. The molecule has 1 aromatic carbocycles. The van der Waals surface area contributed by atoms with E-state index in [1.807, 2.05) is 6.92 Å². The van der Waals surface area contributed by atoms with Gasteiger partial charge in [0.1, 0.15) is 12.4 Å². The summed E-state index contributed by atoms with van der Waals surface area (Å²) in [7, 11) is 0. The molecule has 0 unspecified atom stereocenters. The summed E-state index contributed by atoms with van der Waals surface area (Å²) in [6.45, 7) is 1.80. The molecule has 0 spiro atoms. The van der Waals surface area contributed by atoms with E-state index in [2.05, 4.69) is 4.98 Å². The molecule has 3 rings (SSSR count). The fourth-order valence-corrected chi connectivity index (χ4v) is 2.32. The number of hydroxylamine groups is 2. The molecule has 0 saturated heterocycles. The van der Waals surface area contributed by atoms with Gasteiger partial charge in [-0.2, -0.15) is 0 Å². The average Bonchev–Trinajstić information content (AvgIpc) is 3.06. The second-order valence-electron chi connectivity index (χ2n) is 4.74. The number of nitrogens with zero attached hydrogens (tertiary/aromatic N) is 3. The van der Waals surface area contributed by atoms with Gasteiger partial charge in [0, 0.05) is 18.8 Å². The van der Waals surface area contributed by atoms with Crippen molar-refractivity contribution in [3.8, 4) is 0 Å². The molecule has 112 valence electrons. The van der Waals surface area contributed by atoms with Crippen molar-refractivity contribution >= 4 is 17.8 Å². The van der Waals surface area contributed by atoms with Crippen LogP contribution in [0.25, 0.3) is 0 Å². The highest BCUT2D eigenvalue weighted by Gasteiger charge is 2.38. The number of imide groups is 1. The second kappa shape index (κ2) is 5.44. The minimum atomic E-state index is -0.706. The van der Waals surface area contributed by atoms with Gasteiger partial charge in [0.25, 0.3) is 11.8 Å². The Morgan fingerprint density at radius 1 is 1.18 bits per heavy atom. The fraction of sp³-hybridized carbons (Fsp3) is 0.200. The van der Waals surface area contributed by atoms with Gasteiger partial charge in [-0.15, -0.1) is 0 Å². The topological polar surface area (TPSA) is 81.5 Å². The van der Waals surface area contributed by atoms with E-state index in [1.54, 1.807) is 29.1 Å². The Labute approximate surface area is 126 Å². The van der Waals surface area contributed by atoms with Crippen LogP contribution >= 0.6 is 0 Å². The third-order valence-corrected chi connectivity index (χ3v) is 3.37. The number of aromatic nitrogens is 2. The lowest BCUT2D eigenvalue weighted by Gasteiger charge is -2.13. The molecule has 0 aliphatic carbocycles. The Morgan fingerprint density at radius 2 is 1.82 bits per heavy atom. The van der Waals surface area contributed by atoms with Crippen molar-refractivity contribution in [3.05, 3.63) is 53.6 Å². The first-order valence-corrected chi connectivity index (χ1v) is 6.80. The molecule has 0 N–H and O–H groups in total. The highest BCUT2D eigenvalue weighted by atomic mass is 16.7. The number of carbonyl (C=O) groups excluding carboxylic acids is 3. The molecule has 2 amide bonds. The zero-order valence-corrected chi connectivity index (χ0v) is 11.9. The highest BCUT2D eigenvalue weighted by molar-refractivity contribution is 6.20. The van der Waals surface area contributed by atoms with E-state index < -0.39 is 17.8 Å². The first-order chi connectivity index (χ1) is 10.6. The number of carbonyl (C=O) groups is 3. The van der Waals surface area contributed by atoms with E-state index in [1.165, 1.54) is 12.1 Å². The van der Waals surface area contributed by atoms with Crippen LogP contribution in [0.3, 0.4) is 0 Å². The van der Waals surface area contributed by atoms with Crippen LogP contribution in [0.2, 0.25) is 0 Å². The first kappa shape index (κ1) is 14.0. The van der Waals surface area contributed by atoms with Gasteiger partial charge in [0.15, 0.2) is 0 Å². The summed E-state index contributed by atoms with van der Waals surface area (Å²) in [4.78, 5) is 45.1. The van der Waals surface area contributed by atoms with E-state index in [-0.39, 0.29) is 17.7 Å². The molecular weight excluding hydrogens is 286 g/mol. The number of benzene rings is 1. The number of amides is 2. The maximum absolute atomic E-state index is 12.1. The largest absolute Gasteiger partial charge is 0.352 e. The van der Waals surface area contributed by atoms with E-state index in [9.17, 15) is 14.4 Å². The zero-order chi connectivity index (χ0) is 15.7. The predicted molar refractivity (Wildman–Crippen MR) is 74.6 cm³/mol. The van der Waals surface area contributed by atoms with Crippen LogP contribution in [0.4, 0.5) is 0 Å². The van der Waals surface area contributed by atoms with E-state index in [0.717, 1.165) is 5.82 Å². The van der Waals surface area contributed by atoms with Crippen molar-refractivity contribution in [2.45, 2.75) is 19.9 Å². The summed E-state index contributed by atoms with van der Waals surface area (Å²) in [6, 6.07) is 6.34. The van der Waals surface area contributed by atoms with Crippen LogP contribution in [0, 0.1) is 0 Å². The van der Waals surface area contributed by atoms with E-state index >= 15 is 0 Å². The number of fused-ring (bicyclic) bond motifs is 1. The Hall–Kier alpha value is -2.96. The maximum Gasteiger partial charge on any atom is 0.352 e. The van der Waals surface area contributed by atoms with Crippen molar-refractivity contribution in [1.82, 2.24) is 14.6 Å². The third-order valence-electron chi connectivity index (χ3n) is 3.37. The van der Waals surface area contributed by atoms with Crippen molar-refractivity contribution < 1.29 is 19.2 Å². The molecule has 1 aliphatic rings. The Kier molecular flexibility index (Phi) is 3.46. The first-order valence-electron chi connectivity index (χ1n) is 6.80. The van der Waals surface area contributed by atoms with Crippen molar-refractivity contribution in [3.63, 3.8) is 0 Å². The lowest BCUT2D eigenvalue weighted by atomic mass is 10.1. The quantitative estimate of drug-likeness (QED) is 0.792. The smallest absolute Gasteiger partial charge is 0.328 e. The van der Waals surface area contributed by atoms with Gasteiger partial charge < -0.3 is 9.40 Å². The van der Waals surface area contributed by atoms with Crippen LogP contribution in [0.5, 0.6) is 0 Å². The molecule has 0 bridgehead atoms. The number of rotatable bonds is 4. The minimum Gasteiger partial charge on any atom is -0.328 e. The number of aryl methyl sites for hydroxylation is 1. The van der Waals surface area contributed by atoms with Gasteiger partial charge in [-0.05, 0) is 12.1 Å². The molecule has 0 radical (unpaired) electrons. The number of hydrogen-bond acceptors (Lipinski definition) is 5.